The van der Waals surface area contributed by atoms with Crippen LogP contribution in [0.1, 0.15) is 110 Å². The van der Waals surface area contributed by atoms with Gasteiger partial charge in [-0.15, -0.1) is 0 Å². The van der Waals surface area contributed by atoms with Gasteiger partial charge in [0, 0.05) is 12.5 Å². The average Bonchev–Trinajstić information content (AvgIpc) is 3.88. The fraction of sp³-hybridized carbons (Fsp3) is 0.818. The van der Waals surface area contributed by atoms with Gasteiger partial charge in [-0.3, -0.25) is 24.0 Å². The first-order valence-corrected chi connectivity index (χ1v) is 17.1. The van der Waals surface area contributed by atoms with Crippen LogP contribution in [0.3, 0.4) is 0 Å². The van der Waals surface area contributed by atoms with Crippen LogP contribution in [0.2, 0.25) is 0 Å². The molecule has 0 unspecified atom stereocenters. The summed E-state index contributed by atoms with van der Waals surface area (Å²) in [6.07, 6.45) is 12.5. The summed E-state index contributed by atoms with van der Waals surface area (Å²) in [4.78, 5) is 80.7. The van der Waals surface area contributed by atoms with Gasteiger partial charge in [-0.05, 0) is 61.7 Å². The van der Waals surface area contributed by atoms with Crippen molar-refractivity contribution >= 4 is 35.3 Å². The molecule has 2 heterocycles. The summed E-state index contributed by atoms with van der Waals surface area (Å²) in [7, 11) is 0. The van der Waals surface area contributed by atoms with E-state index in [4.69, 9.17) is 5.73 Å². The molecule has 0 spiro atoms. The lowest BCUT2D eigenvalue weighted by atomic mass is 9.81. The SMILES string of the molecule is CC1(C)[C@@H]2[C@H]3C(=O)N[C@H](C(=O)C(N)=O)CCCCCCCC[C@H](NC(=O)N[C@H](C(=O)C4CC4)C4CCCCC4)C(=O)N3C[C@@H]21. The second-order valence-electron chi connectivity index (χ2n) is 14.6. The van der Waals surface area contributed by atoms with Gasteiger partial charge in [0.05, 0.1) is 12.1 Å². The average molecular weight is 614 g/mol. The summed E-state index contributed by atoms with van der Waals surface area (Å²) in [5.74, 6) is -2.41. The van der Waals surface area contributed by atoms with Gasteiger partial charge in [0.2, 0.25) is 17.6 Å². The summed E-state index contributed by atoms with van der Waals surface area (Å²) in [5, 5.41) is 8.69. The lowest BCUT2D eigenvalue weighted by Gasteiger charge is -2.34. The van der Waals surface area contributed by atoms with Crippen molar-refractivity contribution in [3.8, 4) is 0 Å². The van der Waals surface area contributed by atoms with E-state index in [0.717, 1.165) is 77.0 Å². The van der Waals surface area contributed by atoms with E-state index in [2.05, 4.69) is 29.8 Å². The van der Waals surface area contributed by atoms with Crippen molar-refractivity contribution in [1.82, 2.24) is 20.9 Å². The molecule has 5 rings (SSSR count). The van der Waals surface area contributed by atoms with Crippen LogP contribution in [0.25, 0.3) is 0 Å². The lowest BCUT2D eigenvalue weighted by Crippen LogP contribution is -2.59. The number of hydrogen-bond donors (Lipinski definition) is 4. The Balaban J connectivity index is 1.34. The normalized spacial score (nSPS) is 32.1. The third kappa shape index (κ3) is 7.12. The first-order valence-electron chi connectivity index (χ1n) is 17.1. The number of amides is 5. The zero-order chi connectivity index (χ0) is 31.6. The maximum absolute atomic E-state index is 14.2. The van der Waals surface area contributed by atoms with Crippen LogP contribution in [-0.2, 0) is 24.0 Å². The van der Waals surface area contributed by atoms with Gasteiger partial charge >= 0.3 is 6.03 Å². The molecule has 3 saturated carbocycles. The Morgan fingerprint density at radius 3 is 2.09 bits per heavy atom. The highest BCUT2D eigenvalue weighted by Gasteiger charge is 2.69. The second kappa shape index (κ2) is 13.6. The van der Waals surface area contributed by atoms with Crippen molar-refractivity contribution in [1.29, 1.82) is 0 Å². The Morgan fingerprint density at radius 1 is 0.864 bits per heavy atom. The van der Waals surface area contributed by atoms with Gasteiger partial charge in [0.15, 0.2) is 5.78 Å². The number of Topliss-reactive ketones (excluding diaryl/α,β-unsaturated/α-hetero) is 2. The molecule has 6 atom stereocenters. The first kappa shape index (κ1) is 32.4. The van der Waals surface area contributed by atoms with E-state index in [9.17, 15) is 28.8 Å². The van der Waals surface area contributed by atoms with Gasteiger partial charge in [0.1, 0.15) is 12.1 Å². The van der Waals surface area contributed by atoms with Crippen molar-refractivity contribution in [2.75, 3.05) is 6.54 Å². The van der Waals surface area contributed by atoms with Gasteiger partial charge < -0.3 is 26.6 Å². The van der Waals surface area contributed by atoms with Gasteiger partial charge in [-0.2, -0.15) is 0 Å². The number of nitrogens with zero attached hydrogens (tertiary/aromatic N) is 1. The van der Waals surface area contributed by atoms with Crippen molar-refractivity contribution in [3.63, 3.8) is 0 Å². The number of nitrogens with two attached hydrogens (primary N) is 1. The van der Waals surface area contributed by atoms with E-state index in [0.29, 0.717) is 25.8 Å². The Bertz CT molecular complexity index is 1150. The molecule has 2 aliphatic heterocycles. The number of urea groups is 1. The molecule has 0 aromatic carbocycles. The molecule has 0 aromatic rings. The molecule has 0 aromatic heterocycles. The number of carbonyl (C=O) groups excluding carboxylic acids is 6. The maximum atomic E-state index is 14.2. The minimum Gasteiger partial charge on any atom is -0.363 e. The zero-order valence-corrected chi connectivity index (χ0v) is 26.4. The van der Waals surface area contributed by atoms with Crippen molar-refractivity contribution in [3.05, 3.63) is 0 Å². The summed E-state index contributed by atoms with van der Waals surface area (Å²) < 4.78 is 0. The van der Waals surface area contributed by atoms with E-state index in [1.807, 2.05) is 0 Å². The predicted molar refractivity (Wildman–Crippen MR) is 163 cm³/mol. The van der Waals surface area contributed by atoms with Crippen LogP contribution in [-0.4, -0.2) is 70.9 Å². The molecule has 44 heavy (non-hydrogen) atoms. The molecule has 3 aliphatic carbocycles. The highest BCUT2D eigenvalue weighted by molar-refractivity contribution is 6.37. The molecular weight excluding hydrogens is 562 g/mol. The number of rotatable bonds is 7. The summed E-state index contributed by atoms with van der Waals surface area (Å²) in [6.45, 7) is 4.53. The predicted octanol–water partition coefficient (Wildman–Crippen LogP) is 2.74. The Kier molecular flexibility index (Phi) is 9.99. The number of primary amides is 1. The number of piperidine rings is 1. The van der Waals surface area contributed by atoms with E-state index < -0.39 is 47.8 Å². The number of hydrogen-bond acceptors (Lipinski definition) is 6. The fourth-order valence-electron chi connectivity index (χ4n) is 8.22. The van der Waals surface area contributed by atoms with Gasteiger partial charge in [-0.1, -0.05) is 71.6 Å². The minimum atomic E-state index is -1.08. The third-order valence-electron chi connectivity index (χ3n) is 11.2. The number of fused-ring (bicyclic) bond motifs is 3. The van der Waals surface area contributed by atoms with Crippen LogP contribution in [0.5, 0.6) is 0 Å². The molecule has 5 fully saturated rings. The van der Waals surface area contributed by atoms with E-state index in [1.54, 1.807) is 4.90 Å². The van der Waals surface area contributed by atoms with Crippen LogP contribution in [0.15, 0.2) is 0 Å². The first-order chi connectivity index (χ1) is 21.0. The molecule has 5 N–H and O–H groups in total. The monoisotopic (exact) mass is 613 g/mol. The van der Waals surface area contributed by atoms with Crippen molar-refractivity contribution in [2.45, 2.75) is 134 Å². The van der Waals surface area contributed by atoms with E-state index in [1.165, 1.54) is 0 Å². The highest BCUT2D eigenvalue weighted by atomic mass is 16.2. The molecule has 5 aliphatic rings. The van der Waals surface area contributed by atoms with Gasteiger partial charge in [-0.25, -0.2) is 4.79 Å². The molecule has 2 saturated heterocycles. The molecule has 5 amide bonds. The highest BCUT2D eigenvalue weighted by Crippen LogP contribution is 2.65. The molecule has 11 heteroatoms. The second-order valence-corrected chi connectivity index (χ2v) is 14.6. The molecule has 11 nitrogen and oxygen atoms in total. The van der Waals surface area contributed by atoms with Crippen LogP contribution in [0, 0.1) is 29.1 Å². The van der Waals surface area contributed by atoms with Crippen molar-refractivity contribution in [2.24, 2.45) is 34.8 Å². The largest absolute Gasteiger partial charge is 0.363 e. The van der Waals surface area contributed by atoms with E-state index in [-0.39, 0.29) is 40.8 Å². The molecule has 0 bridgehead atoms. The lowest BCUT2D eigenvalue weighted by molar-refractivity contribution is -0.143. The molecular formula is C33H51N5O6. The Labute approximate surface area is 260 Å². The Hall–Kier alpha value is -2.98. The smallest absolute Gasteiger partial charge is 0.316 e. The maximum Gasteiger partial charge on any atom is 0.316 e. The van der Waals surface area contributed by atoms with Crippen LogP contribution < -0.4 is 21.7 Å². The third-order valence-corrected chi connectivity index (χ3v) is 11.2. The number of nitrogens with one attached hydrogen (secondary N) is 3. The number of ketones is 2. The van der Waals surface area contributed by atoms with Crippen molar-refractivity contribution < 1.29 is 28.8 Å². The summed E-state index contributed by atoms with van der Waals surface area (Å²) in [6, 6.07) is -3.73. The van der Waals surface area contributed by atoms with Crippen LogP contribution in [0.4, 0.5) is 4.79 Å². The quantitative estimate of drug-likeness (QED) is 0.322. The summed E-state index contributed by atoms with van der Waals surface area (Å²) >= 11 is 0. The molecule has 244 valence electrons. The zero-order valence-electron chi connectivity index (χ0n) is 26.4. The summed E-state index contributed by atoms with van der Waals surface area (Å²) in [5.41, 5.74) is 5.16. The fourth-order valence-corrected chi connectivity index (χ4v) is 8.22. The molecule has 0 radical (unpaired) electrons. The van der Waals surface area contributed by atoms with Gasteiger partial charge in [0.25, 0.3) is 5.91 Å². The van der Waals surface area contributed by atoms with E-state index >= 15 is 0 Å². The topological polar surface area (TPSA) is 168 Å². The Morgan fingerprint density at radius 2 is 1.45 bits per heavy atom. The standard InChI is InChI=1S/C33H51N5O6/c1-33(2)21-18-38-26(24(21)33)30(42)35-22(28(40)29(34)41)14-10-5-3-4-6-11-15-23(31(38)43)36-32(44)37-25(27(39)20-16-17-20)19-12-8-7-9-13-19/h19-26H,3-18H2,1-2H3,(H2,34,41)(H,35,42)(H2,36,37,44)/t21-,22-,23-,24-,25-,26-/m0/s1. The number of carbonyl (C=O) groups is 6. The van der Waals surface area contributed by atoms with Crippen LogP contribution >= 0.6 is 0 Å². The minimum absolute atomic E-state index is 0.0199.